The zero-order valence-corrected chi connectivity index (χ0v) is 18.6. The van der Waals surface area contributed by atoms with Gasteiger partial charge in [-0.3, -0.25) is 4.98 Å². The van der Waals surface area contributed by atoms with Crippen LogP contribution in [0, 0.1) is 12.7 Å². The van der Waals surface area contributed by atoms with Gasteiger partial charge in [-0.15, -0.1) is 10.2 Å². The molecule has 0 unspecified atom stereocenters. The summed E-state index contributed by atoms with van der Waals surface area (Å²) in [5, 5.41) is 16.5. The lowest BCUT2D eigenvalue weighted by Crippen LogP contribution is -2.14. The third kappa shape index (κ3) is 3.74. The Morgan fingerprint density at radius 3 is 2.53 bits per heavy atom. The highest BCUT2D eigenvalue weighted by atomic mass is 35.5. The van der Waals surface area contributed by atoms with Gasteiger partial charge in [-0.25, -0.2) is 9.07 Å². The van der Waals surface area contributed by atoms with Crippen molar-refractivity contribution in [2.75, 3.05) is 0 Å². The van der Waals surface area contributed by atoms with E-state index in [1.807, 2.05) is 0 Å². The van der Waals surface area contributed by atoms with E-state index >= 15 is 0 Å². The van der Waals surface area contributed by atoms with Crippen LogP contribution in [0.3, 0.4) is 0 Å². The van der Waals surface area contributed by atoms with Crippen LogP contribution in [0.5, 0.6) is 0 Å². The van der Waals surface area contributed by atoms with Crippen LogP contribution in [0.15, 0.2) is 53.4 Å². The summed E-state index contributed by atoms with van der Waals surface area (Å²) in [6, 6.07) is 6.91. The molecule has 0 fully saturated rings. The molecular weight excluding hydrogens is 496 g/mol. The Labute approximate surface area is 197 Å². The van der Waals surface area contributed by atoms with Gasteiger partial charge >= 0.3 is 6.18 Å². The average molecular weight is 507 g/mol. The molecule has 0 atom stereocenters. The molecule has 172 valence electrons. The van der Waals surface area contributed by atoms with E-state index in [9.17, 15) is 17.6 Å². The standard InChI is InChI=1S/C21H11ClF4N6OS/c1-10-29-30-20(34-10)16-17(15-13(22)5-2-6-14(15)23)31-33-18(16)12-9-28-32(19(12)21(24,25)26)11-4-3-7-27-8-11/h2-9H,1H3. The Hall–Kier alpha value is -3.64. The van der Waals surface area contributed by atoms with E-state index in [1.165, 1.54) is 36.7 Å². The highest BCUT2D eigenvalue weighted by Gasteiger charge is 2.41. The van der Waals surface area contributed by atoms with Gasteiger partial charge in [0.1, 0.15) is 16.5 Å². The first-order valence-electron chi connectivity index (χ1n) is 9.56. The van der Waals surface area contributed by atoms with E-state index in [4.69, 9.17) is 16.1 Å². The second-order valence-corrected chi connectivity index (χ2v) is 8.57. The third-order valence-electron chi connectivity index (χ3n) is 4.80. The summed E-state index contributed by atoms with van der Waals surface area (Å²) in [7, 11) is 0. The van der Waals surface area contributed by atoms with Crippen molar-refractivity contribution < 1.29 is 22.1 Å². The molecule has 0 bridgehead atoms. The maximum atomic E-state index is 14.7. The lowest BCUT2D eigenvalue weighted by atomic mass is 10.0. The van der Waals surface area contributed by atoms with E-state index in [2.05, 4.69) is 25.4 Å². The summed E-state index contributed by atoms with van der Waals surface area (Å²) in [4.78, 5) is 3.86. The minimum absolute atomic E-state index is 0.00411. The molecule has 0 N–H and O–H groups in total. The first kappa shape index (κ1) is 22.2. The molecule has 5 aromatic rings. The Balaban J connectivity index is 1.82. The summed E-state index contributed by atoms with van der Waals surface area (Å²) < 4.78 is 63.6. The number of aromatic nitrogens is 6. The van der Waals surface area contributed by atoms with Gasteiger partial charge in [0.25, 0.3) is 0 Å². The van der Waals surface area contributed by atoms with E-state index in [1.54, 1.807) is 6.92 Å². The molecule has 5 rings (SSSR count). The maximum absolute atomic E-state index is 14.7. The quantitative estimate of drug-likeness (QED) is 0.269. The monoisotopic (exact) mass is 506 g/mol. The van der Waals surface area contributed by atoms with Crippen LogP contribution in [-0.4, -0.2) is 30.1 Å². The fraction of sp³-hybridized carbons (Fsp3) is 0.0952. The molecule has 4 aromatic heterocycles. The molecular formula is C21H11ClF4N6OS. The molecule has 0 saturated heterocycles. The van der Waals surface area contributed by atoms with Crippen LogP contribution >= 0.6 is 22.9 Å². The highest BCUT2D eigenvalue weighted by molar-refractivity contribution is 7.14. The first-order valence-corrected chi connectivity index (χ1v) is 10.8. The number of nitrogens with zero attached hydrogens (tertiary/aromatic N) is 6. The largest absolute Gasteiger partial charge is 0.434 e. The molecule has 0 amide bonds. The van der Waals surface area contributed by atoms with Crippen LogP contribution in [0.25, 0.3) is 38.8 Å². The molecule has 4 heterocycles. The highest BCUT2D eigenvalue weighted by Crippen LogP contribution is 2.47. The van der Waals surface area contributed by atoms with Gasteiger partial charge in [0.2, 0.25) is 0 Å². The molecule has 0 spiro atoms. The summed E-state index contributed by atoms with van der Waals surface area (Å²) in [6.45, 7) is 1.67. The van der Waals surface area contributed by atoms with E-state index in [0.717, 1.165) is 23.6 Å². The lowest BCUT2D eigenvalue weighted by Gasteiger charge is -2.12. The van der Waals surface area contributed by atoms with E-state index in [-0.39, 0.29) is 38.3 Å². The Kier molecular flexibility index (Phi) is 5.41. The second kappa shape index (κ2) is 8.29. The van der Waals surface area contributed by atoms with Crippen LogP contribution in [0.4, 0.5) is 17.6 Å². The summed E-state index contributed by atoms with van der Waals surface area (Å²) in [5.74, 6) is -1.02. The number of halogens is 5. The van der Waals surface area contributed by atoms with Gasteiger partial charge in [-0.2, -0.15) is 18.3 Å². The predicted octanol–water partition coefficient (Wildman–Crippen LogP) is 6.23. The minimum atomic E-state index is -4.83. The molecule has 34 heavy (non-hydrogen) atoms. The van der Waals surface area contributed by atoms with Crippen molar-refractivity contribution in [3.63, 3.8) is 0 Å². The SMILES string of the molecule is Cc1nnc(-c2c(-c3c(F)cccc3Cl)noc2-c2cnn(-c3cccnc3)c2C(F)(F)F)s1. The van der Waals surface area contributed by atoms with Crippen LogP contribution in [0.2, 0.25) is 5.02 Å². The number of rotatable bonds is 4. The number of aryl methyl sites for hydroxylation is 1. The average Bonchev–Trinajstić information content (AvgIpc) is 3.51. The van der Waals surface area contributed by atoms with Crippen LogP contribution < -0.4 is 0 Å². The van der Waals surface area contributed by atoms with Crippen molar-refractivity contribution in [1.29, 1.82) is 0 Å². The fourth-order valence-corrected chi connectivity index (χ4v) is 4.41. The smallest absolute Gasteiger partial charge is 0.355 e. The number of hydrogen-bond donors (Lipinski definition) is 0. The van der Waals surface area contributed by atoms with E-state index < -0.39 is 23.3 Å². The number of pyridine rings is 1. The zero-order valence-electron chi connectivity index (χ0n) is 17.0. The topological polar surface area (TPSA) is 82.5 Å². The van der Waals surface area contributed by atoms with Crippen molar-refractivity contribution >= 4 is 22.9 Å². The van der Waals surface area contributed by atoms with E-state index in [0.29, 0.717) is 9.69 Å². The lowest BCUT2D eigenvalue weighted by molar-refractivity contribution is -0.142. The van der Waals surface area contributed by atoms with Gasteiger partial charge in [0.05, 0.1) is 39.8 Å². The van der Waals surface area contributed by atoms with Crippen molar-refractivity contribution in [2.45, 2.75) is 13.1 Å². The first-order chi connectivity index (χ1) is 16.3. The third-order valence-corrected chi connectivity index (χ3v) is 5.98. The van der Waals surface area contributed by atoms with Gasteiger partial charge in [-0.05, 0) is 31.2 Å². The molecule has 0 aliphatic rings. The van der Waals surface area contributed by atoms with Gasteiger partial charge in [-0.1, -0.05) is 34.2 Å². The Morgan fingerprint density at radius 2 is 1.88 bits per heavy atom. The Bertz CT molecular complexity index is 1470. The summed E-state index contributed by atoms with van der Waals surface area (Å²) in [5.41, 5.74) is -1.65. The van der Waals surface area contributed by atoms with Crippen LogP contribution in [0.1, 0.15) is 10.7 Å². The summed E-state index contributed by atoms with van der Waals surface area (Å²) >= 11 is 7.30. The molecule has 1 aromatic carbocycles. The number of hydrogen-bond acceptors (Lipinski definition) is 7. The predicted molar refractivity (Wildman–Crippen MR) is 116 cm³/mol. The van der Waals surface area contributed by atoms with Crippen molar-refractivity contribution in [1.82, 2.24) is 30.1 Å². The second-order valence-electron chi connectivity index (χ2n) is 6.99. The Morgan fingerprint density at radius 1 is 1.06 bits per heavy atom. The number of benzene rings is 1. The van der Waals surface area contributed by atoms with Gasteiger partial charge < -0.3 is 4.52 Å². The molecule has 0 aliphatic heterocycles. The minimum Gasteiger partial charge on any atom is -0.355 e. The molecule has 0 saturated carbocycles. The van der Waals surface area contributed by atoms with Crippen LogP contribution in [-0.2, 0) is 6.18 Å². The molecule has 0 radical (unpaired) electrons. The van der Waals surface area contributed by atoms with Gasteiger partial charge in [0, 0.05) is 6.20 Å². The normalized spacial score (nSPS) is 11.8. The van der Waals surface area contributed by atoms with Gasteiger partial charge in [0.15, 0.2) is 16.5 Å². The zero-order chi connectivity index (χ0) is 24.0. The van der Waals surface area contributed by atoms with Crippen molar-refractivity contribution in [3.8, 4) is 38.8 Å². The molecule has 0 aliphatic carbocycles. The van der Waals surface area contributed by atoms with Crippen molar-refractivity contribution in [2.24, 2.45) is 0 Å². The fourth-order valence-electron chi connectivity index (χ4n) is 3.43. The molecule has 7 nitrogen and oxygen atoms in total. The number of alkyl halides is 3. The maximum Gasteiger partial charge on any atom is 0.434 e. The van der Waals surface area contributed by atoms with Crippen molar-refractivity contribution in [3.05, 3.63) is 70.5 Å². The molecule has 13 heteroatoms. The summed E-state index contributed by atoms with van der Waals surface area (Å²) in [6.07, 6.45) is -1.16.